The molecule has 3 aromatic rings. The summed E-state index contributed by atoms with van der Waals surface area (Å²) in [6.07, 6.45) is 0.705. The first-order chi connectivity index (χ1) is 17.8. The van der Waals surface area contributed by atoms with Gasteiger partial charge in [-0.25, -0.2) is 0 Å². The maximum absolute atomic E-state index is 13.4. The lowest BCUT2D eigenvalue weighted by Crippen LogP contribution is -2.29. The summed E-state index contributed by atoms with van der Waals surface area (Å²) in [5.74, 6) is -0.747. The number of methoxy groups -OCH3 is 1. The van der Waals surface area contributed by atoms with Crippen molar-refractivity contribution in [2.75, 3.05) is 17.3 Å². The average Bonchev–Trinajstić information content (AvgIpc) is 3.38. The van der Waals surface area contributed by atoms with Crippen LogP contribution in [0.1, 0.15) is 36.6 Å². The number of rotatable bonds is 5. The summed E-state index contributed by atoms with van der Waals surface area (Å²) in [5, 5.41) is 14.1. The monoisotopic (exact) mass is 498 g/mol. The lowest BCUT2D eigenvalue weighted by Gasteiger charge is -2.26. The number of ether oxygens (including phenoxy) is 2. The number of aliphatic hydroxyl groups is 1. The van der Waals surface area contributed by atoms with E-state index < -0.39 is 17.7 Å². The average molecular weight is 499 g/mol. The third-order valence-electron chi connectivity index (χ3n) is 6.49. The number of carbonyl (C=O) groups is 3. The number of Topliss-reactive ketones (excluding diaryl/α,β-unsaturated/α-hetero) is 1. The van der Waals surface area contributed by atoms with Crippen molar-refractivity contribution in [3.63, 3.8) is 0 Å². The Hall–Kier alpha value is -4.59. The van der Waals surface area contributed by atoms with Crippen LogP contribution in [0.4, 0.5) is 11.4 Å². The van der Waals surface area contributed by atoms with Crippen LogP contribution < -0.4 is 19.7 Å². The van der Waals surface area contributed by atoms with Crippen LogP contribution >= 0.6 is 0 Å². The van der Waals surface area contributed by atoms with Gasteiger partial charge in [-0.05, 0) is 66.6 Å². The van der Waals surface area contributed by atoms with Gasteiger partial charge in [0, 0.05) is 30.3 Å². The fourth-order valence-corrected chi connectivity index (χ4v) is 4.86. The van der Waals surface area contributed by atoms with Crippen molar-refractivity contribution >= 4 is 34.7 Å². The minimum Gasteiger partial charge on any atom is -0.507 e. The molecule has 0 bridgehead atoms. The highest BCUT2D eigenvalue weighted by molar-refractivity contribution is 6.51. The molecule has 5 rings (SSSR count). The molecule has 0 aromatic heterocycles. The molecule has 2 amide bonds. The van der Waals surface area contributed by atoms with Crippen molar-refractivity contribution < 1.29 is 29.0 Å². The second-order valence-electron chi connectivity index (χ2n) is 9.13. The fraction of sp³-hybridized carbons (Fsp3) is 0.207. The number of ketones is 1. The van der Waals surface area contributed by atoms with Crippen LogP contribution in [0.25, 0.3) is 5.76 Å². The van der Waals surface area contributed by atoms with Crippen LogP contribution in [-0.4, -0.2) is 35.9 Å². The SMILES string of the molecule is COc1ccc(C2/C(=C(/O)c3ccc4c(c3)CC(C)O4)C(=O)C(=O)N2c2cccc(NC(C)=O)c2)cc1. The molecule has 8 heteroatoms. The van der Waals surface area contributed by atoms with E-state index in [-0.39, 0.29) is 23.3 Å². The Bertz CT molecular complexity index is 1440. The number of anilines is 2. The van der Waals surface area contributed by atoms with Crippen LogP contribution in [0, 0.1) is 0 Å². The maximum atomic E-state index is 13.4. The number of hydrogen-bond donors (Lipinski definition) is 2. The number of fused-ring (bicyclic) bond motifs is 1. The van der Waals surface area contributed by atoms with E-state index in [2.05, 4.69) is 5.32 Å². The second kappa shape index (κ2) is 9.46. The van der Waals surface area contributed by atoms with E-state index in [4.69, 9.17) is 9.47 Å². The van der Waals surface area contributed by atoms with Gasteiger partial charge >= 0.3 is 0 Å². The Balaban J connectivity index is 1.66. The summed E-state index contributed by atoms with van der Waals surface area (Å²) >= 11 is 0. The summed E-state index contributed by atoms with van der Waals surface area (Å²) in [4.78, 5) is 39.8. The molecule has 1 fully saturated rings. The van der Waals surface area contributed by atoms with Gasteiger partial charge in [0.2, 0.25) is 5.91 Å². The molecular formula is C29H26N2O6. The predicted octanol–water partition coefficient (Wildman–Crippen LogP) is 4.60. The van der Waals surface area contributed by atoms with Crippen LogP contribution in [0.5, 0.6) is 11.5 Å². The molecule has 2 heterocycles. The van der Waals surface area contributed by atoms with E-state index >= 15 is 0 Å². The van der Waals surface area contributed by atoms with E-state index in [1.165, 1.54) is 11.8 Å². The Morgan fingerprint density at radius 2 is 1.84 bits per heavy atom. The minimum atomic E-state index is -0.901. The summed E-state index contributed by atoms with van der Waals surface area (Å²) in [7, 11) is 1.55. The van der Waals surface area contributed by atoms with Crippen molar-refractivity contribution in [2.24, 2.45) is 0 Å². The number of hydrogen-bond acceptors (Lipinski definition) is 6. The first-order valence-electron chi connectivity index (χ1n) is 11.9. The number of amides is 2. The number of nitrogens with one attached hydrogen (secondary N) is 1. The summed E-state index contributed by atoms with van der Waals surface area (Å²) < 4.78 is 11.0. The summed E-state index contributed by atoms with van der Waals surface area (Å²) in [6.45, 7) is 3.35. The lowest BCUT2D eigenvalue weighted by atomic mass is 9.94. The van der Waals surface area contributed by atoms with E-state index in [0.717, 1.165) is 11.3 Å². The Morgan fingerprint density at radius 1 is 1.08 bits per heavy atom. The molecule has 0 spiro atoms. The van der Waals surface area contributed by atoms with Crippen molar-refractivity contribution in [3.8, 4) is 11.5 Å². The first kappa shape index (κ1) is 24.1. The minimum absolute atomic E-state index is 0.0213. The highest BCUT2D eigenvalue weighted by Crippen LogP contribution is 2.43. The van der Waals surface area contributed by atoms with Gasteiger partial charge in [0.25, 0.3) is 11.7 Å². The Morgan fingerprint density at radius 3 is 2.54 bits per heavy atom. The van der Waals surface area contributed by atoms with Gasteiger partial charge in [-0.15, -0.1) is 0 Å². The maximum Gasteiger partial charge on any atom is 0.300 e. The summed E-state index contributed by atoms with van der Waals surface area (Å²) in [5.41, 5.74) is 2.84. The van der Waals surface area contributed by atoms with Crippen LogP contribution in [0.2, 0.25) is 0 Å². The zero-order valence-corrected chi connectivity index (χ0v) is 20.6. The van der Waals surface area contributed by atoms with Crippen molar-refractivity contribution in [1.29, 1.82) is 0 Å². The molecule has 8 nitrogen and oxygen atoms in total. The van der Waals surface area contributed by atoms with Crippen molar-refractivity contribution in [3.05, 3.63) is 89.0 Å². The molecule has 1 saturated heterocycles. The largest absolute Gasteiger partial charge is 0.507 e. The molecule has 2 aliphatic heterocycles. The molecular weight excluding hydrogens is 472 g/mol. The van der Waals surface area contributed by atoms with Gasteiger partial charge < -0.3 is 19.9 Å². The molecule has 2 unspecified atom stereocenters. The van der Waals surface area contributed by atoms with Crippen molar-refractivity contribution in [2.45, 2.75) is 32.4 Å². The third-order valence-corrected chi connectivity index (χ3v) is 6.49. The fourth-order valence-electron chi connectivity index (χ4n) is 4.86. The lowest BCUT2D eigenvalue weighted by molar-refractivity contribution is -0.132. The molecule has 0 aliphatic carbocycles. The van der Waals surface area contributed by atoms with Crippen LogP contribution in [-0.2, 0) is 20.8 Å². The van der Waals surface area contributed by atoms with Gasteiger partial charge in [0.1, 0.15) is 23.4 Å². The van der Waals surface area contributed by atoms with Gasteiger partial charge in [-0.3, -0.25) is 19.3 Å². The molecule has 188 valence electrons. The molecule has 2 atom stereocenters. The highest BCUT2D eigenvalue weighted by atomic mass is 16.5. The number of benzene rings is 3. The Labute approximate surface area is 214 Å². The zero-order valence-electron chi connectivity index (χ0n) is 20.6. The number of aliphatic hydroxyl groups excluding tert-OH is 1. The van der Waals surface area contributed by atoms with Crippen LogP contribution in [0.3, 0.4) is 0 Å². The highest BCUT2D eigenvalue weighted by Gasteiger charge is 2.47. The van der Waals surface area contributed by atoms with Gasteiger partial charge in [-0.2, -0.15) is 0 Å². The molecule has 37 heavy (non-hydrogen) atoms. The Kier molecular flexibility index (Phi) is 6.17. The number of carbonyl (C=O) groups excluding carboxylic acids is 3. The van der Waals surface area contributed by atoms with E-state index in [1.54, 1.807) is 73.8 Å². The standard InChI is InChI=1S/C29H26N2O6/c1-16-13-20-14-19(9-12-24(20)37-16)27(33)25-26(18-7-10-23(36-3)11-8-18)31(29(35)28(25)34)22-6-4-5-21(15-22)30-17(2)32/h4-12,14-16,26,33H,13H2,1-3H3,(H,30,32)/b27-25-. The van der Waals surface area contributed by atoms with E-state index in [1.807, 2.05) is 6.92 Å². The van der Waals surface area contributed by atoms with Gasteiger partial charge in [0.15, 0.2) is 0 Å². The van der Waals surface area contributed by atoms with E-state index in [9.17, 15) is 19.5 Å². The van der Waals surface area contributed by atoms with Crippen molar-refractivity contribution in [1.82, 2.24) is 0 Å². The predicted molar refractivity (Wildman–Crippen MR) is 139 cm³/mol. The smallest absolute Gasteiger partial charge is 0.300 e. The third kappa shape index (κ3) is 4.42. The quantitative estimate of drug-likeness (QED) is 0.303. The molecule has 0 saturated carbocycles. The first-order valence-corrected chi connectivity index (χ1v) is 11.9. The van der Waals surface area contributed by atoms with Gasteiger partial charge in [-0.1, -0.05) is 18.2 Å². The van der Waals surface area contributed by atoms with E-state index in [0.29, 0.717) is 34.7 Å². The zero-order chi connectivity index (χ0) is 26.3. The molecule has 2 aliphatic rings. The number of nitrogens with zero attached hydrogens (tertiary/aromatic N) is 1. The molecule has 3 aromatic carbocycles. The molecule has 0 radical (unpaired) electrons. The summed E-state index contributed by atoms with van der Waals surface area (Å²) in [6, 6.07) is 18.0. The second-order valence-corrected chi connectivity index (χ2v) is 9.13. The van der Waals surface area contributed by atoms with Crippen LogP contribution in [0.15, 0.2) is 72.3 Å². The van der Waals surface area contributed by atoms with Gasteiger partial charge in [0.05, 0.1) is 18.7 Å². The molecule has 2 N–H and O–H groups in total. The normalized spacial score (nSPS) is 19.9. The topological polar surface area (TPSA) is 105 Å².